The van der Waals surface area contributed by atoms with Crippen molar-refractivity contribution in [3.63, 3.8) is 0 Å². The molecule has 0 radical (unpaired) electrons. The number of unbranched alkanes of at least 4 members (excludes halogenated alkanes) is 61. The van der Waals surface area contributed by atoms with Crippen LogP contribution in [0.4, 0.5) is 0 Å². The number of aliphatic hydroxyl groups excluding tert-OH is 8. The first-order valence-corrected chi connectivity index (χ1v) is 45.1. The van der Waals surface area contributed by atoms with Gasteiger partial charge in [0.1, 0.15) is 48.8 Å². The fraction of sp³-hybridized carbons (Fsp3) is 0.944. The van der Waals surface area contributed by atoms with Crippen molar-refractivity contribution in [1.82, 2.24) is 5.32 Å². The van der Waals surface area contributed by atoms with Gasteiger partial charge in [0.15, 0.2) is 12.6 Å². The van der Waals surface area contributed by atoms with E-state index in [4.69, 9.17) is 18.9 Å². The first kappa shape index (κ1) is 97.5. The van der Waals surface area contributed by atoms with E-state index in [2.05, 4.69) is 43.5 Å². The summed E-state index contributed by atoms with van der Waals surface area (Å²) in [6, 6.07) is -0.828. The van der Waals surface area contributed by atoms with Gasteiger partial charge < -0.3 is 65.1 Å². The van der Waals surface area contributed by atoms with Gasteiger partial charge >= 0.3 is 0 Å². The zero-order chi connectivity index (χ0) is 74.4. The summed E-state index contributed by atoms with van der Waals surface area (Å²) in [5.74, 6) is -0.195. The number of hydrogen-bond acceptors (Lipinski definition) is 13. The molecular formula is C89H171NO13. The molecule has 12 atom stereocenters. The molecular weight excluding hydrogens is 1290 g/mol. The van der Waals surface area contributed by atoms with E-state index < -0.39 is 86.8 Å². The third kappa shape index (κ3) is 55.5. The summed E-state index contributed by atoms with van der Waals surface area (Å²) in [6.45, 7) is 2.94. The molecule has 9 N–H and O–H groups in total. The van der Waals surface area contributed by atoms with Gasteiger partial charge in [0.25, 0.3) is 0 Å². The Kier molecular flexibility index (Phi) is 69.4. The zero-order valence-electron chi connectivity index (χ0n) is 67.4. The maximum atomic E-state index is 13.4. The molecule has 0 aliphatic carbocycles. The Labute approximate surface area is 634 Å². The molecule has 14 nitrogen and oxygen atoms in total. The Morgan fingerprint density at radius 2 is 0.641 bits per heavy atom. The highest BCUT2D eigenvalue weighted by molar-refractivity contribution is 5.76. The quantitative estimate of drug-likeness (QED) is 0.0204. The van der Waals surface area contributed by atoms with E-state index >= 15 is 0 Å². The van der Waals surface area contributed by atoms with Gasteiger partial charge in [-0.25, -0.2) is 0 Å². The maximum Gasteiger partial charge on any atom is 0.220 e. The Balaban J connectivity index is 1.55. The van der Waals surface area contributed by atoms with Gasteiger partial charge in [-0.15, -0.1) is 0 Å². The van der Waals surface area contributed by atoms with Crippen molar-refractivity contribution in [2.45, 2.75) is 518 Å². The van der Waals surface area contributed by atoms with E-state index in [1.807, 2.05) is 0 Å². The topological polar surface area (TPSA) is 228 Å². The second kappa shape index (κ2) is 73.3. The van der Waals surface area contributed by atoms with Gasteiger partial charge in [0.05, 0.1) is 32.0 Å². The third-order valence-corrected chi connectivity index (χ3v) is 22.4. The van der Waals surface area contributed by atoms with Crippen LogP contribution in [0, 0.1) is 0 Å². The number of carbonyl (C=O) groups is 1. The summed E-state index contributed by atoms with van der Waals surface area (Å²) in [5.41, 5.74) is 0. The molecule has 0 aromatic rings. The summed E-state index contributed by atoms with van der Waals surface area (Å²) >= 11 is 0. The van der Waals surface area contributed by atoms with Gasteiger partial charge in [-0.3, -0.25) is 4.79 Å². The Morgan fingerprint density at radius 1 is 0.350 bits per heavy atom. The van der Waals surface area contributed by atoms with Crippen molar-refractivity contribution < 1.29 is 64.6 Å². The molecule has 2 aliphatic rings. The molecule has 0 aromatic carbocycles. The average molecular weight is 1460 g/mol. The SMILES string of the molecule is CCCCCCC/C=C\C/C=C\CCCCCCCCCCCCCCCCCCCCCCCCCCCC(=O)NC(COC1OC(CO)C(OC2OC(CO)C(O)C(O)C2O)C(O)C1O)C(O)CCCCCCCCCCCCCCCCCCCCCCCCCCCCCCCCCC. The summed E-state index contributed by atoms with van der Waals surface area (Å²) in [7, 11) is 0. The zero-order valence-corrected chi connectivity index (χ0v) is 67.4. The van der Waals surface area contributed by atoms with Crippen LogP contribution in [0.5, 0.6) is 0 Å². The van der Waals surface area contributed by atoms with Crippen LogP contribution in [0.1, 0.15) is 444 Å². The van der Waals surface area contributed by atoms with Gasteiger partial charge in [-0.05, 0) is 44.9 Å². The molecule has 2 heterocycles. The van der Waals surface area contributed by atoms with E-state index in [-0.39, 0.29) is 12.5 Å². The smallest absolute Gasteiger partial charge is 0.220 e. The molecule has 2 saturated heterocycles. The lowest BCUT2D eigenvalue weighted by Gasteiger charge is -2.46. The Morgan fingerprint density at radius 3 is 0.971 bits per heavy atom. The molecule has 0 saturated carbocycles. The van der Waals surface area contributed by atoms with Crippen molar-refractivity contribution in [2.75, 3.05) is 19.8 Å². The summed E-state index contributed by atoms with van der Waals surface area (Å²) in [4.78, 5) is 13.4. The molecule has 2 aliphatic heterocycles. The number of rotatable bonds is 78. The van der Waals surface area contributed by atoms with Crippen LogP contribution in [-0.4, -0.2) is 140 Å². The average Bonchev–Trinajstić information content (AvgIpc) is 0.791. The molecule has 103 heavy (non-hydrogen) atoms. The lowest BCUT2D eigenvalue weighted by atomic mass is 9.97. The first-order chi connectivity index (χ1) is 50.6. The van der Waals surface area contributed by atoms with E-state index in [9.17, 15) is 45.6 Å². The van der Waals surface area contributed by atoms with Crippen LogP contribution in [0.25, 0.3) is 0 Å². The molecule has 2 fully saturated rings. The van der Waals surface area contributed by atoms with Crippen LogP contribution in [-0.2, 0) is 23.7 Å². The molecule has 12 unspecified atom stereocenters. The van der Waals surface area contributed by atoms with Crippen LogP contribution in [0.2, 0.25) is 0 Å². The molecule has 0 spiro atoms. The standard InChI is InChI=1S/C89H171NO13/c1-3-5-7-9-11-13-15-17-19-21-23-25-27-29-31-33-35-37-38-39-40-41-43-45-47-49-51-53-55-57-59-61-63-65-67-69-71-73-81(94)90-77(76-100-88-86(99)84(97)87(80(75-92)102-88)103-89-85(98)83(96)82(95)79(74-91)101-89)78(93)72-70-68-66-64-62-60-58-56-54-52-50-48-46-44-42-36-34-32-30-28-26-24-22-20-18-16-14-12-10-8-6-4-2/h15,17,21,23,77-80,82-89,91-93,95-99H,3-14,16,18-20,22,24-76H2,1-2H3,(H,90,94)/b17-15-,23-21-. The highest BCUT2D eigenvalue weighted by Gasteiger charge is 2.51. The van der Waals surface area contributed by atoms with Gasteiger partial charge in [-0.2, -0.15) is 0 Å². The van der Waals surface area contributed by atoms with Crippen molar-refractivity contribution >= 4 is 5.91 Å². The monoisotopic (exact) mass is 1460 g/mol. The largest absolute Gasteiger partial charge is 0.394 e. The summed E-state index contributed by atoms with van der Waals surface area (Å²) in [6.07, 6.45) is 79.7. The normalized spacial score (nSPS) is 21.6. The lowest BCUT2D eigenvalue weighted by molar-refractivity contribution is -0.359. The number of ether oxygens (including phenoxy) is 4. The minimum absolute atomic E-state index is 0.195. The number of amides is 1. The maximum absolute atomic E-state index is 13.4. The van der Waals surface area contributed by atoms with E-state index in [1.165, 1.54) is 360 Å². The van der Waals surface area contributed by atoms with Crippen molar-refractivity contribution in [3.8, 4) is 0 Å². The highest BCUT2D eigenvalue weighted by Crippen LogP contribution is 2.31. The predicted octanol–water partition coefficient (Wildman–Crippen LogP) is 21.8. The molecule has 14 heteroatoms. The van der Waals surface area contributed by atoms with Crippen LogP contribution < -0.4 is 5.32 Å². The first-order valence-electron chi connectivity index (χ1n) is 45.1. The fourth-order valence-electron chi connectivity index (χ4n) is 15.3. The van der Waals surface area contributed by atoms with E-state index in [0.717, 1.165) is 57.8 Å². The summed E-state index contributed by atoms with van der Waals surface area (Å²) in [5, 5.41) is 88.1. The van der Waals surface area contributed by atoms with Crippen LogP contribution >= 0.6 is 0 Å². The molecule has 1 amide bonds. The van der Waals surface area contributed by atoms with Gasteiger partial charge in [-0.1, -0.05) is 417 Å². The van der Waals surface area contributed by atoms with Crippen LogP contribution in [0.15, 0.2) is 24.3 Å². The third-order valence-electron chi connectivity index (χ3n) is 22.4. The number of nitrogens with one attached hydrogen (secondary N) is 1. The van der Waals surface area contributed by atoms with Gasteiger partial charge in [0.2, 0.25) is 5.91 Å². The number of aliphatic hydroxyl groups is 8. The lowest BCUT2D eigenvalue weighted by Crippen LogP contribution is -2.65. The fourth-order valence-corrected chi connectivity index (χ4v) is 15.3. The van der Waals surface area contributed by atoms with E-state index in [1.54, 1.807) is 0 Å². The second-order valence-corrected chi connectivity index (χ2v) is 32.1. The number of carbonyl (C=O) groups excluding carboxylic acids is 1. The predicted molar refractivity (Wildman–Crippen MR) is 429 cm³/mol. The molecule has 610 valence electrons. The minimum Gasteiger partial charge on any atom is -0.394 e. The molecule has 2 rings (SSSR count). The second-order valence-electron chi connectivity index (χ2n) is 32.1. The number of hydrogen-bond donors (Lipinski definition) is 9. The van der Waals surface area contributed by atoms with Crippen molar-refractivity contribution in [3.05, 3.63) is 24.3 Å². The Bertz CT molecular complexity index is 1820. The molecule has 0 bridgehead atoms. The summed E-state index contributed by atoms with van der Waals surface area (Å²) < 4.78 is 23.0. The van der Waals surface area contributed by atoms with Gasteiger partial charge in [0, 0.05) is 6.42 Å². The minimum atomic E-state index is -1.78. The van der Waals surface area contributed by atoms with E-state index in [0.29, 0.717) is 12.8 Å². The van der Waals surface area contributed by atoms with Crippen molar-refractivity contribution in [1.29, 1.82) is 0 Å². The molecule has 0 aromatic heterocycles. The van der Waals surface area contributed by atoms with Crippen LogP contribution in [0.3, 0.4) is 0 Å². The Hall–Kier alpha value is -1.53. The van der Waals surface area contributed by atoms with Crippen molar-refractivity contribution in [2.24, 2.45) is 0 Å². The highest BCUT2D eigenvalue weighted by atomic mass is 16.7. The number of allylic oxidation sites excluding steroid dienone is 4.